The molecule has 0 aromatic rings. The Hall–Kier alpha value is -0.0800. The van der Waals surface area contributed by atoms with Crippen LogP contribution < -0.4 is 5.73 Å². The van der Waals surface area contributed by atoms with Crippen LogP contribution in [0.25, 0.3) is 0 Å². The van der Waals surface area contributed by atoms with Gasteiger partial charge in [-0.2, -0.15) is 0 Å². The third-order valence-corrected chi connectivity index (χ3v) is 0.733. The zero-order chi connectivity index (χ0) is 5.70. The van der Waals surface area contributed by atoms with E-state index < -0.39 is 0 Å². The van der Waals surface area contributed by atoms with E-state index in [0.717, 1.165) is 12.8 Å². The largest absolute Gasteiger partial charge is 0.396 e. The van der Waals surface area contributed by atoms with Crippen LogP contribution in [-0.2, 0) is 0 Å². The molecular formula is C5H12NO. The summed E-state index contributed by atoms with van der Waals surface area (Å²) in [5.41, 5.74) is 5.26. The third-order valence-electron chi connectivity index (χ3n) is 0.733. The van der Waals surface area contributed by atoms with E-state index in [4.69, 9.17) is 10.8 Å². The first kappa shape index (κ1) is 6.92. The fourth-order valence-electron chi connectivity index (χ4n) is 0.353. The molecule has 0 aliphatic heterocycles. The molecule has 0 spiro atoms. The highest BCUT2D eigenvalue weighted by atomic mass is 16.2. The maximum Gasteiger partial charge on any atom is 0.0431 e. The van der Waals surface area contributed by atoms with Gasteiger partial charge in [0.25, 0.3) is 0 Å². The van der Waals surface area contributed by atoms with Gasteiger partial charge in [0.1, 0.15) is 0 Å². The first-order valence-corrected chi connectivity index (χ1v) is 2.47. The van der Waals surface area contributed by atoms with Crippen molar-refractivity contribution >= 4 is 0 Å². The Labute approximate surface area is 44.3 Å². The highest BCUT2D eigenvalue weighted by Gasteiger charge is 1.89. The van der Waals surface area contributed by atoms with Gasteiger partial charge in [-0.3, -0.25) is 0 Å². The van der Waals surface area contributed by atoms with Crippen LogP contribution in [0.1, 0.15) is 12.8 Å². The van der Waals surface area contributed by atoms with Gasteiger partial charge in [-0.25, -0.2) is 0 Å². The molecule has 1 radical (unpaired) electrons. The van der Waals surface area contributed by atoms with Crippen LogP contribution >= 0.6 is 0 Å². The third kappa shape index (κ3) is 5.92. The van der Waals surface area contributed by atoms with Crippen LogP contribution in [0.15, 0.2) is 0 Å². The fraction of sp³-hybridized carbons (Fsp3) is 0.800. The molecule has 0 heterocycles. The normalized spacial score (nSPS) is 14.1. The molecular weight excluding hydrogens is 90.1 g/mol. The minimum atomic E-state index is -0.00727. The minimum Gasteiger partial charge on any atom is -0.396 e. The SMILES string of the molecule is [CH2]C(N)CCCO. The molecule has 0 bridgehead atoms. The second kappa shape index (κ2) is 4.09. The molecule has 0 amide bonds. The summed E-state index contributed by atoms with van der Waals surface area (Å²) in [6.07, 6.45) is 1.58. The van der Waals surface area contributed by atoms with Crippen LogP contribution in [-0.4, -0.2) is 17.8 Å². The summed E-state index contributed by atoms with van der Waals surface area (Å²) >= 11 is 0. The smallest absolute Gasteiger partial charge is 0.0431 e. The van der Waals surface area contributed by atoms with Crippen molar-refractivity contribution in [2.75, 3.05) is 6.61 Å². The maximum absolute atomic E-state index is 8.23. The molecule has 0 rings (SSSR count). The first-order valence-electron chi connectivity index (χ1n) is 2.47. The number of aliphatic hydroxyl groups excluding tert-OH is 1. The van der Waals surface area contributed by atoms with E-state index in [9.17, 15) is 0 Å². The van der Waals surface area contributed by atoms with Crippen molar-refractivity contribution in [2.24, 2.45) is 5.73 Å². The number of nitrogens with two attached hydrogens (primary N) is 1. The van der Waals surface area contributed by atoms with Gasteiger partial charge in [0, 0.05) is 12.6 Å². The summed E-state index contributed by atoms with van der Waals surface area (Å²) in [7, 11) is 0. The summed E-state index contributed by atoms with van der Waals surface area (Å²) < 4.78 is 0. The molecule has 1 unspecified atom stereocenters. The quantitative estimate of drug-likeness (QED) is 0.523. The Kier molecular flexibility index (Phi) is 4.04. The van der Waals surface area contributed by atoms with Crippen molar-refractivity contribution < 1.29 is 5.11 Å². The summed E-state index contributed by atoms with van der Waals surface area (Å²) in [5, 5.41) is 8.23. The molecule has 0 aliphatic carbocycles. The van der Waals surface area contributed by atoms with Crippen LogP contribution in [0.2, 0.25) is 0 Å². The maximum atomic E-state index is 8.23. The highest BCUT2D eigenvalue weighted by molar-refractivity contribution is 4.60. The number of hydrogen-bond donors (Lipinski definition) is 2. The Morgan fingerprint density at radius 1 is 1.71 bits per heavy atom. The lowest BCUT2D eigenvalue weighted by atomic mass is 10.2. The average Bonchev–Trinajstić information content (AvgIpc) is 1.61. The molecule has 2 heteroatoms. The van der Waals surface area contributed by atoms with E-state index >= 15 is 0 Å². The lowest BCUT2D eigenvalue weighted by molar-refractivity contribution is 0.282. The van der Waals surface area contributed by atoms with Crippen LogP contribution in [0.5, 0.6) is 0 Å². The van der Waals surface area contributed by atoms with Crippen molar-refractivity contribution in [3.8, 4) is 0 Å². The molecule has 0 aromatic carbocycles. The van der Waals surface area contributed by atoms with Crippen molar-refractivity contribution in [1.82, 2.24) is 0 Å². The molecule has 43 valence electrons. The van der Waals surface area contributed by atoms with Crippen molar-refractivity contribution in [2.45, 2.75) is 18.9 Å². The molecule has 0 aromatic heterocycles. The van der Waals surface area contributed by atoms with Gasteiger partial charge in [0.15, 0.2) is 0 Å². The Bertz CT molecular complexity index is 37.1. The van der Waals surface area contributed by atoms with Crippen LogP contribution in [0.4, 0.5) is 0 Å². The Morgan fingerprint density at radius 2 is 2.29 bits per heavy atom. The standard InChI is InChI=1S/C5H12NO/c1-5(6)3-2-4-7/h5,7H,1-4,6H2. The predicted octanol–water partition coefficient (Wildman–Crippen LogP) is -0.0797. The Balaban J connectivity index is 2.68. The molecule has 0 fully saturated rings. The molecule has 3 N–H and O–H groups in total. The van der Waals surface area contributed by atoms with Crippen LogP contribution in [0, 0.1) is 6.92 Å². The van der Waals surface area contributed by atoms with E-state index in [-0.39, 0.29) is 12.6 Å². The van der Waals surface area contributed by atoms with Gasteiger partial charge in [-0.15, -0.1) is 0 Å². The van der Waals surface area contributed by atoms with Gasteiger partial charge >= 0.3 is 0 Å². The molecule has 0 aliphatic rings. The zero-order valence-electron chi connectivity index (χ0n) is 4.43. The Morgan fingerprint density at radius 3 is 2.43 bits per heavy atom. The van der Waals surface area contributed by atoms with E-state index in [2.05, 4.69) is 6.92 Å². The summed E-state index contributed by atoms with van der Waals surface area (Å²) in [6.45, 7) is 3.77. The van der Waals surface area contributed by atoms with Crippen molar-refractivity contribution in [3.63, 3.8) is 0 Å². The summed E-state index contributed by atoms with van der Waals surface area (Å²) in [4.78, 5) is 0. The first-order chi connectivity index (χ1) is 3.27. The molecule has 7 heavy (non-hydrogen) atoms. The minimum absolute atomic E-state index is 0.00727. The number of rotatable bonds is 3. The molecule has 1 atom stereocenters. The topological polar surface area (TPSA) is 46.2 Å². The van der Waals surface area contributed by atoms with Gasteiger partial charge in [-0.1, -0.05) is 0 Å². The summed E-state index contributed by atoms with van der Waals surface area (Å²) in [6, 6.07) is -0.00727. The monoisotopic (exact) mass is 102 g/mol. The molecule has 0 saturated carbocycles. The van der Waals surface area contributed by atoms with Gasteiger partial charge < -0.3 is 10.8 Å². The van der Waals surface area contributed by atoms with Gasteiger partial charge in [0.05, 0.1) is 0 Å². The average molecular weight is 102 g/mol. The van der Waals surface area contributed by atoms with Gasteiger partial charge in [-0.05, 0) is 19.8 Å². The van der Waals surface area contributed by atoms with Crippen molar-refractivity contribution in [3.05, 3.63) is 6.92 Å². The number of hydrogen-bond acceptors (Lipinski definition) is 2. The lowest BCUT2D eigenvalue weighted by Gasteiger charge is -1.98. The van der Waals surface area contributed by atoms with E-state index in [1.54, 1.807) is 0 Å². The highest BCUT2D eigenvalue weighted by Crippen LogP contribution is 1.88. The fourth-order valence-corrected chi connectivity index (χ4v) is 0.353. The predicted molar refractivity (Wildman–Crippen MR) is 29.7 cm³/mol. The second-order valence-corrected chi connectivity index (χ2v) is 1.63. The molecule has 2 nitrogen and oxygen atoms in total. The number of aliphatic hydroxyl groups is 1. The van der Waals surface area contributed by atoms with E-state index in [1.165, 1.54) is 0 Å². The van der Waals surface area contributed by atoms with E-state index in [0.29, 0.717) is 0 Å². The van der Waals surface area contributed by atoms with E-state index in [1.807, 2.05) is 0 Å². The summed E-state index contributed by atoms with van der Waals surface area (Å²) in [5.74, 6) is 0. The molecule has 0 saturated heterocycles. The van der Waals surface area contributed by atoms with Gasteiger partial charge in [0.2, 0.25) is 0 Å². The van der Waals surface area contributed by atoms with Crippen molar-refractivity contribution in [1.29, 1.82) is 0 Å². The lowest BCUT2D eigenvalue weighted by Crippen LogP contribution is -2.14. The zero-order valence-corrected chi connectivity index (χ0v) is 4.43. The second-order valence-electron chi connectivity index (χ2n) is 1.63. The van der Waals surface area contributed by atoms with Crippen LogP contribution in [0.3, 0.4) is 0 Å².